The van der Waals surface area contributed by atoms with E-state index in [1.54, 1.807) is 23.1 Å². The Hall–Kier alpha value is -2.98. The third-order valence-electron chi connectivity index (χ3n) is 5.53. The Balaban J connectivity index is 1.63. The third-order valence-corrected chi connectivity index (χ3v) is 8.12. The van der Waals surface area contributed by atoms with Crippen LogP contribution in [0.5, 0.6) is 0 Å². The number of nitrogens with zero attached hydrogens (tertiary/aromatic N) is 1. The van der Waals surface area contributed by atoms with Crippen LogP contribution >= 0.6 is 11.8 Å². The van der Waals surface area contributed by atoms with Crippen LogP contribution in [0.15, 0.2) is 71.6 Å². The summed E-state index contributed by atoms with van der Waals surface area (Å²) < 4.78 is 66.9. The van der Waals surface area contributed by atoms with Crippen molar-refractivity contribution in [3.8, 4) is 0 Å². The predicted molar refractivity (Wildman–Crippen MR) is 127 cm³/mol. The number of benzene rings is 3. The van der Waals surface area contributed by atoms with Gasteiger partial charge in [0.1, 0.15) is 5.37 Å². The predicted octanol–water partition coefficient (Wildman–Crippen LogP) is 5.90. The van der Waals surface area contributed by atoms with E-state index >= 15 is 0 Å². The van der Waals surface area contributed by atoms with E-state index in [0.717, 1.165) is 35.0 Å². The number of nitrogens with one attached hydrogen (secondary N) is 1. The summed E-state index contributed by atoms with van der Waals surface area (Å²) >= 11 is 1.42. The number of rotatable bonds is 5. The van der Waals surface area contributed by atoms with Crippen molar-refractivity contribution in [3.63, 3.8) is 0 Å². The molecule has 1 aliphatic heterocycles. The van der Waals surface area contributed by atoms with Crippen LogP contribution in [0, 0.1) is 13.8 Å². The Bertz CT molecular complexity index is 1360. The van der Waals surface area contributed by atoms with Crippen molar-refractivity contribution >= 4 is 39.1 Å². The largest absolute Gasteiger partial charge is 0.416 e. The van der Waals surface area contributed by atoms with Crippen LogP contribution in [0.4, 0.5) is 24.5 Å². The summed E-state index contributed by atoms with van der Waals surface area (Å²) in [6.45, 7) is 3.95. The lowest BCUT2D eigenvalue weighted by atomic mass is 10.1. The molecule has 1 N–H and O–H groups in total. The normalized spacial score (nSPS) is 16.7. The molecule has 3 aromatic carbocycles. The van der Waals surface area contributed by atoms with Crippen LogP contribution < -0.4 is 9.62 Å². The molecule has 3 aromatic rings. The number of thioether (sulfide) groups is 1. The van der Waals surface area contributed by atoms with Gasteiger partial charge < -0.3 is 0 Å². The number of anilines is 2. The molecule has 0 bridgehead atoms. The fourth-order valence-electron chi connectivity index (χ4n) is 3.63. The van der Waals surface area contributed by atoms with Crippen LogP contribution in [-0.4, -0.2) is 20.1 Å². The molecular weight excluding hydrogens is 485 g/mol. The lowest BCUT2D eigenvalue weighted by molar-refractivity contribution is -0.137. The molecule has 1 saturated heterocycles. The molecule has 0 spiro atoms. The number of halogens is 3. The van der Waals surface area contributed by atoms with Crippen molar-refractivity contribution < 1.29 is 26.4 Å². The highest BCUT2D eigenvalue weighted by Gasteiger charge is 2.35. The van der Waals surface area contributed by atoms with Crippen molar-refractivity contribution in [2.45, 2.75) is 30.3 Å². The second kappa shape index (κ2) is 8.99. The molecule has 178 valence electrons. The first-order valence-corrected chi connectivity index (χ1v) is 12.8. The average Bonchev–Trinajstić information content (AvgIpc) is 3.16. The minimum Gasteiger partial charge on any atom is -0.295 e. The van der Waals surface area contributed by atoms with Gasteiger partial charge in [0.05, 0.1) is 16.2 Å². The van der Waals surface area contributed by atoms with Gasteiger partial charge in [-0.05, 0) is 73.0 Å². The number of hydrogen-bond acceptors (Lipinski definition) is 4. The molecule has 4 rings (SSSR count). The van der Waals surface area contributed by atoms with E-state index in [0.29, 0.717) is 11.6 Å². The van der Waals surface area contributed by atoms with Gasteiger partial charge in [0.2, 0.25) is 5.91 Å². The molecule has 10 heteroatoms. The number of carbonyl (C=O) groups excluding carboxylic acids is 1. The summed E-state index contributed by atoms with van der Waals surface area (Å²) in [6, 6.07) is 15.8. The number of alkyl halides is 3. The highest BCUT2D eigenvalue weighted by molar-refractivity contribution is 8.00. The topological polar surface area (TPSA) is 66.5 Å². The van der Waals surface area contributed by atoms with Crippen molar-refractivity contribution in [1.29, 1.82) is 0 Å². The molecule has 0 saturated carbocycles. The van der Waals surface area contributed by atoms with Gasteiger partial charge in [-0.25, -0.2) is 8.42 Å². The van der Waals surface area contributed by atoms with Crippen LogP contribution in [0.25, 0.3) is 0 Å². The Morgan fingerprint density at radius 3 is 2.41 bits per heavy atom. The zero-order valence-corrected chi connectivity index (χ0v) is 19.9. The Kier molecular flexibility index (Phi) is 6.39. The maximum Gasteiger partial charge on any atom is 0.416 e. The molecule has 0 radical (unpaired) electrons. The minimum atomic E-state index is -4.66. The third kappa shape index (κ3) is 4.92. The Labute approximate surface area is 200 Å². The van der Waals surface area contributed by atoms with E-state index in [1.165, 1.54) is 17.8 Å². The lowest BCUT2D eigenvalue weighted by Crippen LogP contribution is -2.28. The smallest absolute Gasteiger partial charge is 0.295 e. The fraction of sp³-hybridized carbons (Fsp3) is 0.208. The van der Waals surface area contributed by atoms with Crippen molar-refractivity contribution in [2.24, 2.45) is 0 Å². The zero-order chi connectivity index (χ0) is 24.7. The first kappa shape index (κ1) is 24.2. The second-order valence-electron chi connectivity index (χ2n) is 7.95. The Morgan fingerprint density at radius 2 is 1.71 bits per heavy atom. The van der Waals surface area contributed by atoms with Crippen molar-refractivity contribution in [3.05, 3.63) is 89.0 Å². The van der Waals surface area contributed by atoms with E-state index in [4.69, 9.17) is 0 Å². The molecule has 1 fully saturated rings. The molecule has 1 heterocycles. The summed E-state index contributed by atoms with van der Waals surface area (Å²) in [6.07, 6.45) is -4.66. The van der Waals surface area contributed by atoms with Gasteiger partial charge >= 0.3 is 6.18 Å². The van der Waals surface area contributed by atoms with Crippen LogP contribution in [0.3, 0.4) is 0 Å². The maximum atomic E-state index is 13.0. The molecule has 5 nitrogen and oxygen atoms in total. The summed E-state index contributed by atoms with van der Waals surface area (Å²) in [5.74, 6) is 0.214. The first-order chi connectivity index (χ1) is 16.0. The van der Waals surface area contributed by atoms with E-state index in [9.17, 15) is 26.4 Å². The quantitative estimate of drug-likeness (QED) is 0.468. The van der Waals surface area contributed by atoms with Gasteiger partial charge in [0.25, 0.3) is 10.0 Å². The standard InChI is InChI=1S/C24H21F3N2O3S2/c1-15-9-10-20(11-16(15)2)29-22(30)14-33-23(29)17-5-3-7-19(12-17)28-34(31,32)21-8-4-6-18(13-21)24(25,26)27/h3-13,23,28H,14H2,1-2H3. The molecule has 1 amide bonds. The van der Waals surface area contributed by atoms with E-state index in [2.05, 4.69) is 4.72 Å². The summed E-state index contributed by atoms with van der Waals surface area (Å²) in [5.41, 5.74) is 2.73. The monoisotopic (exact) mass is 506 g/mol. The second-order valence-corrected chi connectivity index (χ2v) is 10.7. The zero-order valence-electron chi connectivity index (χ0n) is 18.3. The number of amides is 1. The number of hydrogen-bond donors (Lipinski definition) is 1. The van der Waals surface area contributed by atoms with Crippen LogP contribution in [0.2, 0.25) is 0 Å². The summed E-state index contributed by atoms with van der Waals surface area (Å²) in [5, 5.41) is -0.368. The maximum absolute atomic E-state index is 13.0. The van der Waals surface area contributed by atoms with Gasteiger partial charge in [-0.15, -0.1) is 11.8 Å². The van der Waals surface area contributed by atoms with Gasteiger partial charge in [0, 0.05) is 11.4 Å². The van der Waals surface area contributed by atoms with Gasteiger partial charge in [0.15, 0.2) is 0 Å². The van der Waals surface area contributed by atoms with Crippen LogP contribution in [-0.2, 0) is 21.0 Å². The summed E-state index contributed by atoms with van der Waals surface area (Å²) in [7, 11) is -4.26. The number of aryl methyl sites for hydroxylation is 2. The molecule has 0 aliphatic carbocycles. The van der Waals surface area contributed by atoms with E-state index in [1.807, 2.05) is 32.0 Å². The minimum absolute atomic E-state index is 0.0618. The van der Waals surface area contributed by atoms with E-state index in [-0.39, 0.29) is 22.7 Å². The summed E-state index contributed by atoms with van der Waals surface area (Å²) in [4.78, 5) is 13.9. The van der Waals surface area contributed by atoms with Crippen LogP contribution in [0.1, 0.15) is 27.6 Å². The molecule has 1 aliphatic rings. The van der Waals surface area contributed by atoms with Crippen molar-refractivity contribution in [2.75, 3.05) is 15.4 Å². The van der Waals surface area contributed by atoms with Gasteiger partial charge in [-0.1, -0.05) is 24.3 Å². The number of carbonyl (C=O) groups is 1. The highest BCUT2D eigenvalue weighted by atomic mass is 32.2. The van der Waals surface area contributed by atoms with Gasteiger partial charge in [-0.2, -0.15) is 13.2 Å². The molecule has 1 atom stereocenters. The number of sulfonamides is 1. The van der Waals surface area contributed by atoms with E-state index < -0.39 is 26.7 Å². The average molecular weight is 507 g/mol. The lowest BCUT2D eigenvalue weighted by Gasteiger charge is -2.25. The van der Waals surface area contributed by atoms with Crippen molar-refractivity contribution in [1.82, 2.24) is 0 Å². The highest BCUT2D eigenvalue weighted by Crippen LogP contribution is 2.42. The molecule has 0 aromatic heterocycles. The first-order valence-electron chi connectivity index (χ1n) is 10.3. The fourth-order valence-corrected chi connectivity index (χ4v) is 5.90. The molecule has 34 heavy (non-hydrogen) atoms. The Morgan fingerprint density at radius 1 is 0.971 bits per heavy atom. The SMILES string of the molecule is Cc1ccc(N2C(=O)CSC2c2cccc(NS(=O)(=O)c3cccc(C(F)(F)F)c3)c2)cc1C. The molecule has 1 unspecified atom stereocenters. The molecular formula is C24H21F3N2O3S2. The van der Waals surface area contributed by atoms with Gasteiger partial charge in [-0.3, -0.25) is 14.4 Å².